The van der Waals surface area contributed by atoms with Gasteiger partial charge in [0, 0.05) is 6.54 Å². The fourth-order valence-corrected chi connectivity index (χ4v) is 2.98. The van der Waals surface area contributed by atoms with Crippen molar-refractivity contribution in [3.63, 3.8) is 0 Å². The van der Waals surface area contributed by atoms with Gasteiger partial charge >= 0.3 is 0 Å². The molecule has 5 nitrogen and oxygen atoms in total. The molecule has 1 amide bonds. The monoisotopic (exact) mass is 348 g/mol. The third-order valence-corrected chi connectivity index (χ3v) is 4.31. The van der Waals surface area contributed by atoms with E-state index in [9.17, 15) is 4.79 Å². The van der Waals surface area contributed by atoms with Gasteiger partial charge in [-0.2, -0.15) is 5.10 Å². The SMILES string of the molecule is Cc1c(C(=O)N[C@H](CN(C)C)c2ccccc2)cnn1-c1ccccc1. The molecule has 1 atom stereocenters. The van der Waals surface area contributed by atoms with Crippen LogP contribution in [0.1, 0.15) is 27.7 Å². The summed E-state index contributed by atoms with van der Waals surface area (Å²) in [7, 11) is 4.00. The van der Waals surface area contributed by atoms with Crippen molar-refractivity contribution in [2.45, 2.75) is 13.0 Å². The standard InChI is InChI=1S/C21H24N4O/c1-16-19(14-22-25(16)18-12-8-5-9-13-18)21(26)23-20(15-24(2)3)17-10-6-4-7-11-17/h4-14,20H,15H2,1-3H3,(H,23,26)/t20-/m1/s1. The first kappa shape index (κ1) is 17.9. The normalized spacial score (nSPS) is 12.2. The van der Waals surface area contributed by atoms with Crippen molar-refractivity contribution < 1.29 is 4.79 Å². The number of carbonyl (C=O) groups excluding carboxylic acids is 1. The summed E-state index contributed by atoms with van der Waals surface area (Å²) in [5, 5.41) is 7.55. The van der Waals surface area contributed by atoms with Gasteiger partial charge in [0.25, 0.3) is 5.91 Å². The first-order chi connectivity index (χ1) is 12.6. The van der Waals surface area contributed by atoms with Crippen molar-refractivity contribution in [1.29, 1.82) is 0 Å². The summed E-state index contributed by atoms with van der Waals surface area (Å²) in [5.41, 5.74) is 3.44. The molecule has 3 aromatic rings. The van der Waals surface area contributed by atoms with Crippen LogP contribution >= 0.6 is 0 Å². The quantitative estimate of drug-likeness (QED) is 0.744. The van der Waals surface area contributed by atoms with Crippen molar-refractivity contribution in [3.8, 4) is 5.69 Å². The summed E-state index contributed by atoms with van der Waals surface area (Å²) in [6.07, 6.45) is 1.63. The molecule has 0 saturated carbocycles. The Morgan fingerprint density at radius 2 is 1.69 bits per heavy atom. The lowest BCUT2D eigenvalue weighted by atomic mass is 10.1. The van der Waals surface area contributed by atoms with Gasteiger partial charge in [0.2, 0.25) is 0 Å². The highest BCUT2D eigenvalue weighted by Gasteiger charge is 2.20. The molecule has 1 N–H and O–H groups in total. The van der Waals surface area contributed by atoms with Crippen LogP contribution in [-0.2, 0) is 0 Å². The van der Waals surface area contributed by atoms with Crippen molar-refractivity contribution in [2.24, 2.45) is 0 Å². The average molecular weight is 348 g/mol. The lowest BCUT2D eigenvalue weighted by molar-refractivity contribution is 0.0929. The lowest BCUT2D eigenvalue weighted by Gasteiger charge is -2.22. The van der Waals surface area contributed by atoms with Crippen LogP contribution in [0.5, 0.6) is 0 Å². The topological polar surface area (TPSA) is 50.2 Å². The third kappa shape index (κ3) is 4.00. The largest absolute Gasteiger partial charge is 0.344 e. The number of hydrogen-bond acceptors (Lipinski definition) is 3. The van der Waals surface area contributed by atoms with E-state index in [2.05, 4.69) is 15.3 Å². The number of carbonyl (C=O) groups is 1. The Morgan fingerprint density at radius 3 is 2.31 bits per heavy atom. The van der Waals surface area contributed by atoms with Crippen LogP contribution in [0, 0.1) is 6.92 Å². The minimum absolute atomic E-state index is 0.0850. The molecule has 0 saturated heterocycles. The van der Waals surface area contributed by atoms with Crippen LogP contribution in [0.4, 0.5) is 0 Å². The van der Waals surface area contributed by atoms with Crippen LogP contribution in [0.2, 0.25) is 0 Å². The minimum atomic E-state index is -0.111. The Hall–Kier alpha value is -2.92. The van der Waals surface area contributed by atoms with E-state index < -0.39 is 0 Å². The molecule has 0 unspecified atom stereocenters. The Morgan fingerprint density at radius 1 is 1.08 bits per heavy atom. The van der Waals surface area contributed by atoms with E-state index in [1.54, 1.807) is 10.9 Å². The third-order valence-electron chi connectivity index (χ3n) is 4.31. The maximum Gasteiger partial charge on any atom is 0.255 e. The smallest absolute Gasteiger partial charge is 0.255 e. The first-order valence-corrected chi connectivity index (χ1v) is 8.67. The number of aromatic nitrogens is 2. The van der Waals surface area contributed by atoms with Crippen LogP contribution in [0.3, 0.4) is 0 Å². The van der Waals surface area contributed by atoms with Crippen molar-refractivity contribution in [2.75, 3.05) is 20.6 Å². The molecule has 134 valence electrons. The van der Waals surface area contributed by atoms with E-state index in [1.807, 2.05) is 81.7 Å². The minimum Gasteiger partial charge on any atom is -0.344 e. The maximum absolute atomic E-state index is 12.9. The van der Waals surface area contributed by atoms with Gasteiger partial charge in [0.05, 0.1) is 29.2 Å². The van der Waals surface area contributed by atoms with Gasteiger partial charge in [0.1, 0.15) is 0 Å². The Bertz CT molecular complexity index is 856. The summed E-state index contributed by atoms with van der Waals surface area (Å²) in [4.78, 5) is 15.0. The zero-order chi connectivity index (χ0) is 18.5. The molecule has 3 rings (SSSR count). The highest BCUT2D eigenvalue weighted by atomic mass is 16.1. The number of likely N-dealkylation sites (N-methyl/N-ethyl adjacent to an activating group) is 1. The Balaban J connectivity index is 1.83. The summed E-state index contributed by atoms with van der Waals surface area (Å²) < 4.78 is 1.79. The van der Waals surface area contributed by atoms with Crippen LogP contribution in [-0.4, -0.2) is 41.2 Å². The second-order valence-corrected chi connectivity index (χ2v) is 6.59. The number of benzene rings is 2. The predicted molar refractivity (Wildman–Crippen MR) is 104 cm³/mol. The molecule has 0 aliphatic heterocycles. The number of hydrogen-bond donors (Lipinski definition) is 1. The lowest BCUT2D eigenvalue weighted by Crippen LogP contribution is -2.35. The van der Waals surface area contributed by atoms with E-state index in [0.29, 0.717) is 5.56 Å². The summed E-state index contributed by atoms with van der Waals surface area (Å²) in [6, 6.07) is 19.8. The van der Waals surface area contributed by atoms with Gasteiger partial charge in [-0.15, -0.1) is 0 Å². The van der Waals surface area contributed by atoms with E-state index in [1.165, 1.54) is 0 Å². The predicted octanol–water partition coefficient (Wildman–Crippen LogP) is 3.21. The second kappa shape index (κ2) is 7.97. The number of amides is 1. The number of para-hydroxylation sites is 1. The molecule has 0 fully saturated rings. The van der Waals surface area contributed by atoms with Gasteiger partial charge in [-0.05, 0) is 38.7 Å². The van der Waals surface area contributed by atoms with E-state index in [4.69, 9.17) is 0 Å². The van der Waals surface area contributed by atoms with Crippen molar-refractivity contribution in [3.05, 3.63) is 83.7 Å². The fourth-order valence-electron chi connectivity index (χ4n) is 2.98. The molecule has 0 aliphatic rings. The molecule has 0 spiro atoms. The molecule has 1 heterocycles. The van der Waals surface area contributed by atoms with Gasteiger partial charge in [-0.25, -0.2) is 4.68 Å². The Labute approximate surface area is 154 Å². The number of nitrogens with zero attached hydrogens (tertiary/aromatic N) is 3. The van der Waals surface area contributed by atoms with Gasteiger partial charge in [-0.1, -0.05) is 48.5 Å². The van der Waals surface area contributed by atoms with E-state index in [0.717, 1.165) is 23.5 Å². The molecule has 2 aromatic carbocycles. The molecule has 26 heavy (non-hydrogen) atoms. The van der Waals surface area contributed by atoms with E-state index >= 15 is 0 Å². The molecule has 0 aliphatic carbocycles. The number of rotatable bonds is 6. The molecule has 0 radical (unpaired) electrons. The van der Waals surface area contributed by atoms with E-state index in [-0.39, 0.29) is 11.9 Å². The molecule has 5 heteroatoms. The van der Waals surface area contributed by atoms with Gasteiger partial charge in [-0.3, -0.25) is 4.79 Å². The summed E-state index contributed by atoms with van der Waals surface area (Å²) >= 11 is 0. The highest BCUT2D eigenvalue weighted by molar-refractivity contribution is 5.95. The zero-order valence-electron chi connectivity index (χ0n) is 15.4. The van der Waals surface area contributed by atoms with Crippen LogP contribution in [0.25, 0.3) is 5.69 Å². The van der Waals surface area contributed by atoms with Crippen molar-refractivity contribution >= 4 is 5.91 Å². The van der Waals surface area contributed by atoms with Crippen molar-refractivity contribution in [1.82, 2.24) is 20.0 Å². The molecular formula is C21H24N4O. The Kier molecular flexibility index (Phi) is 5.49. The maximum atomic E-state index is 12.9. The fraction of sp³-hybridized carbons (Fsp3) is 0.238. The molecule has 1 aromatic heterocycles. The zero-order valence-corrected chi connectivity index (χ0v) is 15.4. The average Bonchev–Trinajstić information content (AvgIpc) is 3.04. The second-order valence-electron chi connectivity index (χ2n) is 6.59. The highest BCUT2D eigenvalue weighted by Crippen LogP contribution is 2.17. The molecule has 0 bridgehead atoms. The van der Waals surface area contributed by atoms with Crippen LogP contribution < -0.4 is 5.32 Å². The van der Waals surface area contributed by atoms with Gasteiger partial charge < -0.3 is 10.2 Å². The van der Waals surface area contributed by atoms with Crippen LogP contribution in [0.15, 0.2) is 66.9 Å². The molecular weight excluding hydrogens is 324 g/mol. The summed E-state index contributed by atoms with van der Waals surface area (Å²) in [5.74, 6) is -0.111. The first-order valence-electron chi connectivity index (χ1n) is 8.67. The summed E-state index contributed by atoms with van der Waals surface area (Å²) in [6.45, 7) is 2.64. The van der Waals surface area contributed by atoms with Gasteiger partial charge in [0.15, 0.2) is 0 Å². The number of nitrogens with one attached hydrogen (secondary N) is 1.